The van der Waals surface area contributed by atoms with Crippen molar-refractivity contribution in [2.24, 2.45) is 0 Å². The van der Waals surface area contributed by atoms with Crippen LogP contribution in [-0.4, -0.2) is 48.8 Å². The van der Waals surface area contributed by atoms with E-state index in [1.807, 2.05) is 69.3 Å². The largest absolute Gasteiger partial charge is 0.497 e. The van der Waals surface area contributed by atoms with Crippen LogP contribution in [0.25, 0.3) is 0 Å². The lowest BCUT2D eigenvalue weighted by atomic mass is 10.1. The molecule has 1 N–H and O–H groups in total. The van der Waals surface area contributed by atoms with E-state index in [1.165, 1.54) is 0 Å². The highest BCUT2D eigenvalue weighted by Crippen LogP contribution is 2.21. The number of amides is 2. The van der Waals surface area contributed by atoms with E-state index in [4.69, 9.17) is 9.47 Å². The number of carbonyl (C=O) groups excluding carboxylic acids is 2. The summed E-state index contributed by atoms with van der Waals surface area (Å²) in [4.78, 5) is 28.0. The van der Waals surface area contributed by atoms with Crippen molar-refractivity contribution in [3.05, 3.63) is 59.7 Å². The Labute approximate surface area is 202 Å². The number of thioether (sulfide) groups is 1. The third-order valence-corrected chi connectivity index (χ3v) is 6.52. The fourth-order valence-corrected chi connectivity index (χ4v) is 4.26. The Morgan fingerprint density at radius 1 is 0.970 bits per heavy atom. The molecule has 0 saturated carbocycles. The Morgan fingerprint density at radius 3 is 2.27 bits per heavy atom. The van der Waals surface area contributed by atoms with Gasteiger partial charge in [-0.2, -0.15) is 0 Å². The molecule has 2 rings (SSSR count). The SMILES string of the molecule is CC[C@@H](C)NC(=O)[C@H](CC)N(Cc1cccc(OC)c1)C(=O)CSCc1ccc(OC)cc1. The molecule has 2 atom stereocenters. The summed E-state index contributed by atoms with van der Waals surface area (Å²) in [5.74, 6) is 2.38. The standard InChI is InChI=1S/C26H36N2O4S/c1-6-19(3)27-26(30)24(7-2)28(16-21-9-8-10-23(15-21)32-5)25(29)18-33-17-20-11-13-22(31-4)14-12-20/h8-15,19,24H,6-7,16-18H2,1-5H3,(H,27,30)/t19-,24+/m1/s1. The summed E-state index contributed by atoms with van der Waals surface area (Å²) in [5.41, 5.74) is 2.05. The third kappa shape index (κ3) is 8.31. The number of methoxy groups -OCH3 is 2. The topological polar surface area (TPSA) is 67.9 Å². The van der Waals surface area contributed by atoms with Crippen molar-refractivity contribution in [2.75, 3.05) is 20.0 Å². The molecule has 180 valence electrons. The molecule has 0 bridgehead atoms. The van der Waals surface area contributed by atoms with Gasteiger partial charge in [0.1, 0.15) is 17.5 Å². The number of nitrogens with zero attached hydrogens (tertiary/aromatic N) is 1. The van der Waals surface area contributed by atoms with E-state index in [2.05, 4.69) is 5.32 Å². The fraction of sp³-hybridized carbons (Fsp3) is 0.462. The Hall–Kier alpha value is -2.67. The van der Waals surface area contributed by atoms with Gasteiger partial charge in [0.15, 0.2) is 0 Å². The van der Waals surface area contributed by atoms with Gasteiger partial charge in [-0.3, -0.25) is 9.59 Å². The predicted octanol–water partition coefficient (Wildman–Crippen LogP) is 4.66. The van der Waals surface area contributed by atoms with E-state index in [9.17, 15) is 9.59 Å². The molecule has 0 aromatic heterocycles. The zero-order valence-electron chi connectivity index (χ0n) is 20.3. The second-order valence-electron chi connectivity index (χ2n) is 7.96. The Balaban J connectivity index is 2.14. The van der Waals surface area contributed by atoms with Gasteiger partial charge in [0.2, 0.25) is 11.8 Å². The lowest BCUT2D eigenvalue weighted by molar-refractivity contribution is -0.139. The zero-order valence-corrected chi connectivity index (χ0v) is 21.1. The average Bonchev–Trinajstić information content (AvgIpc) is 2.84. The van der Waals surface area contributed by atoms with Crippen LogP contribution in [0.2, 0.25) is 0 Å². The third-order valence-electron chi connectivity index (χ3n) is 5.53. The maximum atomic E-state index is 13.3. The second-order valence-corrected chi connectivity index (χ2v) is 8.94. The number of benzene rings is 2. The van der Waals surface area contributed by atoms with Crippen LogP contribution in [0.3, 0.4) is 0 Å². The Morgan fingerprint density at radius 2 is 1.67 bits per heavy atom. The molecule has 0 heterocycles. The van der Waals surface area contributed by atoms with Crippen LogP contribution in [0, 0.1) is 0 Å². The van der Waals surface area contributed by atoms with Crippen LogP contribution in [0.15, 0.2) is 48.5 Å². The maximum Gasteiger partial charge on any atom is 0.243 e. The highest BCUT2D eigenvalue weighted by molar-refractivity contribution is 7.99. The predicted molar refractivity (Wildman–Crippen MR) is 135 cm³/mol. The van der Waals surface area contributed by atoms with E-state index in [0.717, 1.165) is 29.0 Å². The van der Waals surface area contributed by atoms with Crippen molar-refractivity contribution in [3.63, 3.8) is 0 Å². The minimum absolute atomic E-state index is 0.0533. The molecule has 0 aliphatic carbocycles. The molecule has 2 amide bonds. The van der Waals surface area contributed by atoms with Crippen molar-refractivity contribution in [3.8, 4) is 11.5 Å². The first-order chi connectivity index (χ1) is 15.9. The molecule has 2 aromatic carbocycles. The number of hydrogen-bond donors (Lipinski definition) is 1. The summed E-state index contributed by atoms with van der Waals surface area (Å²) in [6.07, 6.45) is 1.38. The second kappa shape index (κ2) is 13.8. The highest BCUT2D eigenvalue weighted by Gasteiger charge is 2.29. The molecular formula is C26H36N2O4S. The summed E-state index contributed by atoms with van der Waals surface area (Å²) in [6, 6.07) is 15.0. The number of nitrogens with one attached hydrogen (secondary N) is 1. The van der Waals surface area contributed by atoms with E-state index < -0.39 is 6.04 Å². The van der Waals surface area contributed by atoms with E-state index >= 15 is 0 Å². The first-order valence-corrected chi connectivity index (χ1v) is 12.5. The molecule has 7 heteroatoms. The number of hydrogen-bond acceptors (Lipinski definition) is 5. The van der Waals surface area contributed by atoms with Crippen LogP contribution >= 0.6 is 11.8 Å². The van der Waals surface area contributed by atoms with Gasteiger partial charge in [0, 0.05) is 18.3 Å². The maximum absolute atomic E-state index is 13.3. The van der Waals surface area contributed by atoms with Gasteiger partial charge < -0.3 is 19.7 Å². The van der Waals surface area contributed by atoms with Gasteiger partial charge in [0.05, 0.1) is 20.0 Å². The summed E-state index contributed by atoms with van der Waals surface area (Å²) in [7, 11) is 3.26. The summed E-state index contributed by atoms with van der Waals surface area (Å²) < 4.78 is 10.5. The highest BCUT2D eigenvalue weighted by atomic mass is 32.2. The molecule has 2 aromatic rings. The van der Waals surface area contributed by atoms with E-state index in [0.29, 0.717) is 24.5 Å². The molecule has 0 aliphatic heterocycles. The lowest BCUT2D eigenvalue weighted by Crippen LogP contribution is -2.51. The van der Waals surface area contributed by atoms with Crippen LogP contribution in [0.1, 0.15) is 44.7 Å². The number of rotatable bonds is 13. The van der Waals surface area contributed by atoms with Crippen molar-refractivity contribution >= 4 is 23.6 Å². The monoisotopic (exact) mass is 472 g/mol. The Bertz CT molecular complexity index is 888. The molecule has 0 radical (unpaired) electrons. The first kappa shape index (κ1) is 26.6. The molecular weight excluding hydrogens is 436 g/mol. The normalized spacial score (nSPS) is 12.5. The van der Waals surface area contributed by atoms with Crippen molar-refractivity contribution in [1.82, 2.24) is 10.2 Å². The molecule has 0 saturated heterocycles. The van der Waals surface area contributed by atoms with Gasteiger partial charge >= 0.3 is 0 Å². The van der Waals surface area contributed by atoms with Crippen LogP contribution < -0.4 is 14.8 Å². The van der Waals surface area contributed by atoms with Crippen molar-refractivity contribution < 1.29 is 19.1 Å². The van der Waals surface area contributed by atoms with Gasteiger partial charge in [-0.15, -0.1) is 11.8 Å². The lowest BCUT2D eigenvalue weighted by Gasteiger charge is -2.31. The summed E-state index contributed by atoms with van der Waals surface area (Å²) in [5, 5.41) is 3.04. The van der Waals surface area contributed by atoms with Gasteiger partial charge in [-0.05, 0) is 55.2 Å². The zero-order chi connectivity index (χ0) is 24.2. The van der Waals surface area contributed by atoms with Gasteiger partial charge in [-0.25, -0.2) is 0 Å². The average molecular weight is 473 g/mol. The van der Waals surface area contributed by atoms with Crippen molar-refractivity contribution in [1.29, 1.82) is 0 Å². The smallest absolute Gasteiger partial charge is 0.243 e. The summed E-state index contributed by atoms with van der Waals surface area (Å²) in [6.45, 7) is 6.30. The van der Waals surface area contributed by atoms with E-state index in [1.54, 1.807) is 30.9 Å². The fourth-order valence-electron chi connectivity index (χ4n) is 3.39. The first-order valence-electron chi connectivity index (χ1n) is 11.3. The van der Waals surface area contributed by atoms with Gasteiger partial charge in [-0.1, -0.05) is 38.1 Å². The quantitative estimate of drug-likeness (QED) is 0.459. The molecule has 6 nitrogen and oxygen atoms in total. The van der Waals surface area contributed by atoms with Crippen LogP contribution in [0.4, 0.5) is 0 Å². The number of ether oxygens (including phenoxy) is 2. The van der Waals surface area contributed by atoms with Crippen LogP contribution in [-0.2, 0) is 21.9 Å². The minimum Gasteiger partial charge on any atom is -0.497 e. The molecule has 0 aliphatic rings. The molecule has 33 heavy (non-hydrogen) atoms. The van der Waals surface area contributed by atoms with Crippen molar-refractivity contribution in [2.45, 2.75) is 58.0 Å². The van der Waals surface area contributed by atoms with E-state index in [-0.39, 0.29) is 17.9 Å². The molecule has 0 spiro atoms. The minimum atomic E-state index is -0.528. The van der Waals surface area contributed by atoms with Crippen LogP contribution in [0.5, 0.6) is 11.5 Å². The Kier molecular flexibility index (Phi) is 11.1. The molecule has 0 fully saturated rings. The number of carbonyl (C=O) groups is 2. The summed E-state index contributed by atoms with van der Waals surface area (Å²) >= 11 is 1.54. The van der Waals surface area contributed by atoms with Gasteiger partial charge in [0.25, 0.3) is 0 Å². The molecule has 0 unspecified atom stereocenters.